The molecule has 0 radical (unpaired) electrons. The van der Waals surface area contributed by atoms with Gasteiger partial charge in [0, 0.05) is 15.6 Å². The van der Waals surface area contributed by atoms with Crippen LogP contribution in [0.4, 0.5) is 0 Å². The van der Waals surface area contributed by atoms with Crippen molar-refractivity contribution in [1.29, 1.82) is 0 Å². The first-order valence-corrected chi connectivity index (χ1v) is 12.1. The van der Waals surface area contributed by atoms with Gasteiger partial charge in [-0.2, -0.15) is 0 Å². The normalized spacial score (nSPS) is 11.8. The lowest BCUT2D eigenvalue weighted by Crippen LogP contribution is -2.12. The standard InChI is InChI=1S/C22H22BrClN4O4S/c1-4-10-32-21-18(23)11-15(12-19(21)31-5-2)20(13-27(29)30)33-22-26-25-14(3)28(22)17-8-6-16(24)7-9-17/h4,6-9,11-12,20H,1,5,10,13H2,2-3H3/t20-/m0/s1. The molecule has 0 bridgehead atoms. The molecule has 0 saturated carbocycles. The van der Waals surface area contributed by atoms with Crippen molar-refractivity contribution in [2.75, 3.05) is 19.8 Å². The molecule has 174 valence electrons. The summed E-state index contributed by atoms with van der Waals surface area (Å²) in [5.41, 5.74) is 1.51. The van der Waals surface area contributed by atoms with Gasteiger partial charge in [0.25, 0.3) is 0 Å². The van der Waals surface area contributed by atoms with Gasteiger partial charge in [0.2, 0.25) is 6.54 Å². The molecule has 0 unspecified atom stereocenters. The van der Waals surface area contributed by atoms with Gasteiger partial charge in [-0.15, -0.1) is 10.2 Å². The number of ether oxygens (including phenoxy) is 2. The number of hydrogen-bond donors (Lipinski definition) is 0. The number of hydrogen-bond acceptors (Lipinski definition) is 7. The lowest BCUT2D eigenvalue weighted by molar-refractivity contribution is -0.479. The van der Waals surface area contributed by atoms with Crippen LogP contribution in [0, 0.1) is 17.0 Å². The average molecular weight is 554 g/mol. The zero-order valence-corrected chi connectivity index (χ0v) is 21.2. The van der Waals surface area contributed by atoms with Crippen LogP contribution in [0.3, 0.4) is 0 Å². The summed E-state index contributed by atoms with van der Waals surface area (Å²) in [4.78, 5) is 11.2. The van der Waals surface area contributed by atoms with Gasteiger partial charge in [0.05, 0.1) is 11.1 Å². The van der Waals surface area contributed by atoms with Crippen molar-refractivity contribution >= 4 is 39.3 Å². The van der Waals surface area contributed by atoms with Crippen LogP contribution in [-0.2, 0) is 0 Å². The van der Waals surface area contributed by atoms with E-state index in [0.29, 0.717) is 50.8 Å². The van der Waals surface area contributed by atoms with Crippen molar-refractivity contribution in [2.24, 2.45) is 0 Å². The highest BCUT2D eigenvalue weighted by Crippen LogP contribution is 2.43. The van der Waals surface area contributed by atoms with E-state index in [0.717, 1.165) is 5.69 Å². The van der Waals surface area contributed by atoms with Crippen LogP contribution < -0.4 is 9.47 Å². The highest BCUT2D eigenvalue weighted by atomic mass is 79.9. The minimum Gasteiger partial charge on any atom is -0.490 e. The molecule has 1 atom stereocenters. The molecule has 8 nitrogen and oxygen atoms in total. The molecule has 0 saturated heterocycles. The molecule has 0 aliphatic carbocycles. The van der Waals surface area contributed by atoms with Crippen LogP contribution in [0.2, 0.25) is 5.02 Å². The minimum atomic E-state index is -0.557. The molecular formula is C22H22BrClN4O4S. The zero-order valence-electron chi connectivity index (χ0n) is 18.0. The Balaban J connectivity index is 2.02. The van der Waals surface area contributed by atoms with E-state index in [1.54, 1.807) is 30.3 Å². The first-order valence-electron chi connectivity index (χ1n) is 10.00. The van der Waals surface area contributed by atoms with Crippen LogP contribution in [0.1, 0.15) is 23.6 Å². The van der Waals surface area contributed by atoms with Crippen LogP contribution >= 0.6 is 39.3 Å². The quantitative estimate of drug-likeness (QED) is 0.123. The van der Waals surface area contributed by atoms with Gasteiger partial charge in [-0.25, -0.2) is 0 Å². The van der Waals surface area contributed by atoms with Crippen molar-refractivity contribution in [3.63, 3.8) is 0 Å². The average Bonchev–Trinajstić information content (AvgIpc) is 3.13. The molecule has 2 aromatic carbocycles. The Morgan fingerprint density at radius 3 is 2.67 bits per heavy atom. The summed E-state index contributed by atoms with van der Waals surface area (Å²) in [5, 5.41) is 20.6. The molecular weight excluding hydrogens is 532 g/mol. The summed E-state index contributed by atoms with van der Waals surface area (Å²) in [7, 11) is 0. The molecule has 0 N–H and O–H groups in total. The third kappa shape index (κ3) is 6.27. The third-order valence-electron chi connectivity index (χ3n) is 4.49. The number of nitro groups is 1. The molecule has 11 heteroatoms. The molecule has 1 heterocycles. The number of benzene rings is 2. The van der Waals surface area contributed by atoms with E-state index in [2.05, 4.69) is 32.7 Å². The number of thioether (sulfide) groups is 1. The van der Waals surface area contributed by atoms with Gasteiger partial charge in [-0.3, -0.25) is 14.7 Å². The molecule has 0 aliphatic heterocycles. The third-order valence-corrected chi connectivity index (χ3v) is 6.51. The van der Waals surface area contributed by atoms with E-state index in [1.807, 2.05) is 30.5 Å². The Hall–Kier alpha value is -2.56. The fraction of sp³-hybridized carbons (Fsp3) is 0.273. The number of halogens is 2. The van der Waals surface area contributed by atoms with Crippen molar-refractivity contribution in [3.05, 3.63) is 80.1 Å². The van der Waals surface area contributed by atoms with E-state index < -0.39 is 5.25 Å². The fourth-order valence-electron chi connectivity index (χ4n) is 3.10. The maximum Gasteiger partial charge on any atom is 0.220 e. The summed E-state index contributed by atoms with van der Waals surface area (Å²) in [6, 6.07) is 10.8. The SMILES string of the molecule is C=CCOc1c(Br)cc([C@H](C[N+](=O)[O-])Sc2nnc(C)n2-c2ccc(Cl)cc2)cc1OCC. The lowest BCUT2D eigenvalue weighted by Gasteiger charge is -2.18. The van der Waals surface area contributed by atoms with E-state index in [1.165, 1.54) is 11.8 Å². The smallest absolute Gasteiger partial charge is 0.220 e. The van der Waals surface area contributed by atoms with Crippen LogP contribution in [-0.4, -0.2) is 39.4 Å². The number of aryl methyl sites for hydroxylation is 1. The molecule has 3 rings (SSSR count). The van der Waals surface area contributed by atoms with E-state index in [4.69, 9.17) is 21.1 Å². The molecule has 0 amide bonds. The minimum absolute atomic E-state index is 0.300. The molecule has 0 aliphatic rings. The highest BCUT2D eigenvalue weighted by molar-refractivity contribution is 9.10. The first kappa shape index (κ1) is 25.1. The lowest BCUT2D eigenvalue weighted by atomic mass is 10.1. The summed E-state index contributed by atoms with van der Waals surface area (Å²) in [5.74, 6) is 1.67. The Morgan fingerprint density at radius 1 is 1.30 bits per heavy atom. The van der Waals surface area contributed by atoms with Crippen molar-refractivity contribution in [3.8, 4) is 17.2 Å². The number of rotatable bonds is 11. The van der Waals surface area contributed by atoms with Crippen LogP contribution in [0.15, 0.2) is 58.7 Å². The molecule has 1 aromatic heterocycles. The van der Waals surface area contributed by atoms with E-state index in [-0.39, 0.29) is 11.5 Å². The topological polar surface area (TPSA) is 92.3 Å². The second-order valence-corrected chi connectivity index (χ2v) is 9.29. The van der Waals surface area contributed by atoms with Crippen molar-refractivity contribution in [2.45, 2.75) is 24.3 Å². The van der Waals surface area contributed by atoms with E-state index in [9.17, 15) is 10.1 Å². The van der Waals surface area contributed by atoms with Crippen molar-refractivity contribution < 1.29 is 14.4 Å². The summed E-state index contributed by atoms with van der Waals surface area (Å²) in [6.07, 6.45) is 1.63. The molecule has 0 fully saturated rings. The largest absolute Gasteiger partial charge is 0.490 e. The Labute approximate surface area is 209 Å². The second-order valence-electron chi connectivity index (χ2n) is 6.83. The van der Waals surface area contributed by atoms with Gasteiger partial charge in [0.15, 0.2) is 16.7 Å². The molecule has 3 aromatic rings. The first-order chi connectivity index (χ1) is 15.8. The predicted octanol–water partition coefficient (Wildman–Crippen LogP) is 6.07. The highest BCUT2D eigenvalue weighted by Gasteiger charge is 2.26. The summed E-state index contributed by atoms with van der Waals surface area (Å²) >= 11 is 10.8. The Bertz CT molecular complexity index is 1140. The second kappa shape index (κ2) is 11.5. The number of aromatic nitrogens is 3. The maximum absolute atomic E-state index is 11.5. The van der Waals surface area contributed by atoms with Crippen LogP contribution in [0.25, 0.3) is 5.69 Å². The molecule has 0 spiro atoms. The molecule has 33 heavy (non-hydrogen) atoms. The number of nitrogens with zero attached hydrogens (tertiary/aromatic N) is 4. The van der Waals surface area contributed by atoms with Gasteiger partial charge in [0.1, 0.15) is 17.7 Å². The monoisotopic (exact) mass is 552 g/mol. The zero-order chi connectivity index (χ0) is 24.0. The summed E-state index contributed by atoms with van der Waals surface area (Å²) < 4.78 is 14.0. The van der Waals surface area contributed by atoms with Gasteiger partial charge < -0.3 is 9.47 Å². The Kier molecular flexibility index (Phi) is 8.76. The fourth-order valence-corrected chi connectivity index (χ4v) is 4.95. The predicted molar refractivity (Wildman–Crippen MR) is 133 cm³/mol. The Morgan fingerprint density at radius 2 is 2.03 bits per heavy atom. The van der Waals surface area contributed by atoms with Gasteiger partial charge in [-0.1, -0.05) is 36.0 Å². The van der Waals surface area contributed by atoms with Crippen molar-refractivity contribution in [1.82, 2.24) is 14.8 Å². The summed E-state index contributed by atoms with van der Waals surface area (Å²) in [6.45, 7) is 7.74. The van der Waals surface area contributed by atoms with Crippen LogP contribution in [0.5, 0.6) is 11.5 Å². The van der Waals surface area contributed by atoms with E-state index >= 15 is 0 Å². The van der Waals surface area contributed by atoms with Gasteiger partial charge >= 0.3 is 0 Å². The maximum atomic E-state index is 11.5. The van der Waals surface area contributed by atoms with Gasteiger partial charge in [-0.05, 0) is 71.7 Å².